The Hall–Kier alpha value is -2.66. The van der Waals surface area contributed by atoms with Gasteiger partial charge >= 0.3 is 0 Å². The minimum Gasteiger partial charge on any atom is -0.306 e. The van der Waals surface area contributed by atoms with Crippen LogP contribution >= 0.6 is 11.6 Å². The van der Waals surface area contributed by atoms with Crippen LogP contribution in [0.25, 0.3) is 5.69 Å². The number of carbonyl (C=O) groups excluding carboxylic acids is 1. The van der Waals surface area contributed by atoms with E-state index in [1.54, 1.807) is 23.0 Å². The van der Waals surface area contributed by atoms with Gasteiger partial charge in [0.25, 0.3) is 5.91 Å². The molecule has 3 aromatic rings. The number of nitrogens with one attached hydrogen (secondary N) is 1. The number of anilines is 1. The fourth-order valence-corrected chi connectivity index (χ4v) is 2.21. The van der Waals surface area contributed by atoms with Crippen LogP contribution in [0, 0.1) is 6.92 Å². The van der Waals surface area contributed by atoms with Gasteiger partial charge in [-0.2, -0.15) is 5.10 Å². The van der Waals surface area contributed by atoms with Crippen LogP contribution in [-0.2, 0) is 0 Å². The Morgan fingerprint density at radius 1 is 1.14 bits per heavy atom. The van der Waals surface area contributed by atoms with Crippen molar-refractivity contribution < 1.29 is 4.79 Å². The SMILES string of the molecule is Cc1c(C(=O)Nc2ccc(Cl)cn2)cnn1-c1ccccc1. The van der Waals surface area contributed by atoms with Crippen LogP contribution in [0.5, 0.6) is 0 Å². The van der Waals surface area contributed by atoms with Gasteiger partial charge in [0.15, 0.2) is 0 Å². The van der Waals surface area contributed by atoms with Crippen LogP contribution in [0.2, 0.25) is 5.02 Å². The van der Waals surface area contributed by atoms with Gasteiger partial charge in [0.2, 0.25) is 0 Å². The molecule has 2 aromatic heterocycles. The molecule has 0 atom stereocenters. The Labute approximate surface area is 132 Å². The highest BCUT2D eigenvalue weighted by Gasteiger charge is 2.15. The van der Waals surface area contributed by atoms with E-state index in [2.05, 4.69) is 15.4 Å². The first-order valence-corrected chi connectivity index (χ1v) is 7.06. The van der Waals surface area contributed by atoms with E-state index in [0.29, 0.717) is 16.4 Å². The van der Waals surface area contributed by atoms with Crippen LogP contribution in [0.4, 0.5) is 5.82 Å². The van der Waals surface area contributed by atoms with E-state index in [1.807, 2.05) is 37.3 Å². The lowest BCUT2D eigenvalue weighted by Crippen LogP contribution is -2.14. The van der Waals surface area contributed by atoms with Gasteiger partial charge in [-0.25, -0.2) is 9.67 Å². The maximum Gasteiger partial charge on any atom is 0.260 e. The molecule has 0 aliphatic carbocycles. The van der Waals surface area contributed by atoms with Crippen molar-refractivity contribution in [3.8, 4) is 5.69 Å². The molecule has 0 radical (unpaired) electrons. The van der Waals surface area contributed by atoms with E-state index in [1.165, 1.54) is 6.20 Å². The second-order valence-corrected chi connectivity index (χ2v) is 5.14. The van der Waals surface area contributed by atoms with Crippen LogP contribution in [0.3, 0.4) is 0 Å². The molecule has 5 nitrogen and oxygen atoms in total. The first-order valence-electron chi connectivity index (χ1n) is 6.68. The number of para-hydroxylation sites is 1. The fraction of sp³-hybridized carbons (Fsp3) is 0.0625. The Morgan fingerprint density at radius 2 is 1.91 bits per heavy atom. The summed E-state index contributed by atoms with van der Waals surface area (Å²) in [6.07, 6.45) is 3.03. The van der Waals surface area contributed by atoms with Crippen molar-refractivity contribution in [2.24, 2.45) is 0 Å². The van der Waals surface area contributed by atoms with Gasteiger partial charge in [0.1, 0.15) is 5.82 Å². The van der Waals surface area contributed by atoms with Crippen LogP contribution < -0.4 is 5.32 Å². The number of halogens is 1. The molecular formula is C16H13ClN4O. The quantitative estimate of drug-likeness (QED) is 0.805. The fourth-order valence-electron chi connectivity index (χ4n) is 2.10. The number of nitrogens with zero attached hydrogens (tertiary/aromatic N) is 3. The van der Waals surface area contributed by atoms with Crippen molar-refractivity contribution in [3.05, 3.63) is 71.1 Å². The van der Waals surface area contributed by atoms with Crippen molar-refractivity contribution in [3.63, 3.8) is 0 Å². The number of amides is 1. The molecule has 0 spiro atoms. The Morgan fingerprint density at radius 3 is 2.59 bits per heavy atom. The molecule has 6 heteroatoms. The van der Waals surface area contributed by atoms with Gasteiger partial charge in [-0.05, 0) is 31.2 Å². The molecule has 22 heavy (non-hydrogen) atoms. The molecule has 1 N–H and O–H groups in total. The number of pyridine rings is 1. The zero-order valence-electron chi connectivity index (χ0n) is 11.8. The third kappa shape index (κ3) is 2.84. The van der Waals surface area contributed by atoms with E-state index in [-0.39, 0.29) is 5.91 Å². The Balaban J connectivity index is 1.85. The number of hydrogen-bond acceptors (Lipinski definition) is 3. The molecule has 0 aliphatic rings. The van der Waals surface area contributed by atoms with E-state index in [4.69, 9.17) is 11.6 Å². The lowest BCUT2D eigenvalue weighted by atomic mass is 10.2. The minimum absolute atomic E-state index is 0.255. The monoisotopic (exact) mass is 312 g/mol. The molecule has 0 unspecified atom stereocenters. The highest BCUT2D eigenvalue weighted by Crippen LogP contribution is 2.16. The predicted octanol–water partition coefficient (Wildman–Crippen LogP) is 3.48. The van der Waals surface area contributed by atoms with Crippen LogP contribution in [0.15, 0.2) is 54.9 Å². The van der Waals surface area contributed by atoms with Gasteiger partial charge in [-0.15, -0.1) is 0 Å². The summed E-state index contributed by atoms with van der Waals surface area (Å²) in [6.45, 7) is 1.85. The normalized spacial score (nSPS) is 10.5. The van der Waals surface area contributed by atoms with E-state index in [9.17, 15) is 4.79 Å². The van der Waals surface area contributed by atoms with Gasteiger partial charge in [-0.3, -0.25) is 4.79 Å². The lowest BCUT2D eigenvalue weighted by Gasteiger charge is -2.06. The van der Waals surface area contributed by atoms with Crippen molar-refractivity contribution in [2.45, 2.75) is 6.92 Å². The highest BCUT2D eigenvalue weighted by molar-refractivity contribution is 6.30. The topological polar surface area (TPSA) is 59.8 Å². The number of carbonyl (C=O) groups is 1. The second kappa shape index (κ2) is 5.99. The first kappa shape index (κ1) is 14.3. The lowest BCUT2D eigenvalue weighted by molar-refractivity contribution is 0.102. The van der Waals surface area contributed by atoms with Gasteiger partial charge in [0, 0.05) is 6.20 Å². The van der Waals surface area contributed by atoms with Crippen molar-refractivity contribution in [1.29, 1.82) is 0 Å². The molecule has 1 amide bonds. The standard InChI is InChI=1S/C16H13ClN4O/c1-11-14(10-19-21(11)13-5-3-2-4-6-13)16(22)20-15-8-7-12(17)9-18-15/h2-10H,1H3,(H,18,20,22). The average Bonchev–Trinajstić information content (AvgIpc) is 2.92. The molecule has 0 fully saturated rings. The van der Waals surface area contributed by atoms with Crippen LogP contribution in [-0.4, -0.2) is 20.7 Å². The Bertz CT molecular complexity index is 797. The summed E-state index contributed by atoms with van der Waals surface area (Å²) in [6, 6.07) is 13.0. The summed E-state index contributed by atoms with van der Waals surface area (Å²) in [5, 5.41) is 7.53. The summed E-state index contributed by atoms with van der Waals surface area (Å²) in [4.78, 5) is 16.4. The smallest absolute Gasteiger partial charge is 0.260 e. The van der Waals surface area contributed by atoms with Crippen molar-refractivity contribution in [1.82, 2.24) is 14.8 Å². The van der Waals surface area contributed by atoms with Gasteiger partial charge in [-0.1, -0.05) is 29.8 Å². The third-order valence-electron chi connectivity index (χ3n) is 3.22. The van der Waals surface area contributed by atoms with Crippen molar-refractivity contribution >= 4 is 23.3 Å². The highest BCUT2D eigenvalue weighted by atomic mass is 35.5. The Kier molecular flexibility index (Phi) is 3.89. The van der Waals surface area contributed by atoms with Gasteiger partial charge < -0.3 is 5.32 Å². The summed E-state index contributed by atoms with van der Waals surface area (Å²) in [7, 11) is 0. The molecule has 0 saturated carbocycles. The molecule has 0 saturated heterocycles. The predicted molar refractivity (Wildman–Crippen MR) is 85.5 cm³/mol. The maximum atomic E-state index is 12.3. The second-order valence-electron chi connectivity index (χ2n) is 4.71. The average molecular weight is 313 g/mol. The molecule has 3 rings (SSSR count). The van der Waals surface area contributed by atoms with Crippen molar-refractivity contribution in [2.75, 3.05) is 5.32 Å². The summed E-state index contributed by atoms with van der Waals surface area (Å²) in [5.74, 6) is 0.191. The first-order chi connectivity index (χ1) is 10.6. The van der Waals surface area contributed by atoms with Crippen LogP contribution in [0.1, 0.15) is 16.1 Å². The number of hydrogen-bond donors (Lipinski definition) is 1. The number of aromatic nitrogens is 3. The maximum absolute atomic E-state index is 12.3. The largest absolute Gasteiger partial charge is 0.306 e. The zero-order chi connectivity index (χ0) is 15.5. The third-order valence-corrected chi connectivity index (χ3v) is 3.45. The minimum atomic E-state index is -0.255. The van der Waals surface area contributed by atoms with E-state index < -0.39 is 0 Å². The van der Waals surface area contributed by atoms with E-state index >= 15 is 0 Å². The molecular weight excluding hydrogens is 300 g/mol. The molecule has 0 bridgehead atoms. The summed E-state index contributed by atoms with van der Waals surface area (Å²) in [5.41, 5.74) is 2.17. The molecule has 110 valence electrons. The zero-order valence-corrected chi connectivity index (χ0v) is 12.6. The van der Waals surface area contributed by atoms with E-state index in [0.717, 1.165) is 11.4 Å². The molecule has 2 heterocycles. The number of benzene rings is 1. The molecule has 0 aliphatic heterocycles. The summed E-state index contributed by atoms with van der Waals surface area (Å²) < 4.78 is 1.73. The number of rotatable bonds is 3. The van der Waals surface area contributed by atoms with Gasteiger partial charge in [0.05, 0.1) is 28.2 Å². The molecule has 1 aromatic carbocycles. The summed E-state index contributed by atoms with van der Waals surface area (Å²) >= 11 is 5.77.